The van der Waals surface area contributed by atoms with Crippen molar-refractivity contribution in [3.05, 3.63) is 29.6 Å². The third kappa shape index (κ3) is 4.80. The van der Waals surface area contributed by atoms with Gasteiger partial charge in [0, 0.05) is 32.3 Å². The Bertz CT molecular complexity index is 445. The summed E-state index contributed by atoms with van der Waals surface area (Å²) in [6.07, 6.45) is -2.87. The zero-order valence-electron chi connectivity index (χ0n) is 11.7. The lowest BCUT2D eigenvalue weighted by Crippen LogP contribution is -2.33. The van der Waals surface area contributed by atoms with Gasteiger partial charge in [0.05, 0.1) is 0 Å². The number of nitrogens with zero attached hydrogens (tertiary/aromatic N) is 2. The van der Waals surface area contributed by atoms with Crippen LogP contribution in [0, 0.1) is 0 Å². The third-order valence-electron chi connectivity index (χ3n) is 3.06. The second-order valence-corrected chi connectivity index (χ2v) is 4.69. The average Bonchev–Trinajstić information content (AvgIpc) is 2.38. The van der Waals surface area contributed by atoms with Crippen LogP contribution in [0.3, 0.4) is 0 Å². The molecule has 1 aromatic rings. The van der Waals surface area contributed by atoms with Crippen LogP contribution in [0.15, 0.2) is 18.3 Å². The van der Waals surface area contributed by atoms with Crippen molar-refractivity contribution in [2.45, 2.75) is 32.1 Å². The van der Waals surface area contributed by atoms with E-state index in [-0.39, 0.29) is 11.9 Å². The van der Waals surface area contributed by atoms with Crippen LogP contribution in [0.1, 0.15) is 24.6 Å². The maximum Gasteiger partial charge on any atom is 0.433 e. The molecule has 0 saturated heterocycles. The van der Waals surface area contributed by atoms with Crippen LogP contribution in [0.5, 0.6) is 0 Å². The van der Waals surface area contributed by atoms with E-state index in [1.807, 2.05) is 18.9 Å². The zero-order valence-corrected chi connectivity index (χ0v) is 11.7. The first-order valence-corrected chi connectivity index (χ1v) is 6.17. The van der Waals surface area contributed by atoms with Gasteiger partial charge in [0.15, 0.2) is 0 Å². The summed E-state index contributed by atoms with van der Waals surface area (Å²) in [5.41, 5.74) is -0.230. The molecule has 0 aliphatic rings. The Kier molecular flexibility index (Phi) is 5.50. The van der Waals surface area contributed by atoms with Crippen molar-refractivity contribution in [2.24, 2.45) is 0 Å². The van der Waals surface area contributed by atoms with Crippen LogP contribution < -0.4 is 5.32 Å². The van der Waals surface area contributed by atoms with Gasteiger partial charge < -0.3 is 5.32 Å². The molecule has 7 heteroatoms. The van der Waals surface area contributed by atoms with E-state index < -0.39 is 11.9 Å². The molecule has 4 nitrogen and oxygen atoms in total. The third-order valence-corrected chi connectivity index (χ3v) is 3.06. The van der Waals surface area contributed by atoms with E-state index in [1.165, 1.54) is 12.3 Å². The van der Waals surface area contributed by atoms with Gasteiger partial charge in [0.2, 0.25) is 5.91 Å². The van der Waals surface area contributed by atoms with Gasteiger partial charge in [0.25, 0.3) is 0 Å². The van der Waals surface area contributed by atoms with Crippen molar-refractivity contribution in [3.63, 3.8) is 0 Å². The number of hydrogen-bond acceptors (Lipinski definition) is 3. The molecule has 0 aromatic carbocycles. The van der Waals surface area contributed by atoms with Crippen molar-refractivity contribution in [1.29, 1.82) is 0 Å². The van der Waals surface area contributed by atoms with E-state index in [0.717, 1.165) is 6.07 Å². The molecule has 1 rings (SSSR count). The zero-order chi connectivity index (χ0) is 15.3. The molecule has 0 spiro atoms. The van der Waals surface area contributed by atoms with E-state index in [0.29, 0.717) is 18.5 Å². The van der Waals surface area contributed by atoms with Crippen LogP contribution in [-0.2, 0) is 17.5 Å². The predicted octanol–water partition coefficient (Wildman–Crippen LogP) is 2.06. The van der Waals surface area contributed by atoms with Crippen molar-refractivity contribution in [2.75, 3.05) is 14.1 Å². The number of halogens is 3. The van der Waals surface area contributed by atoms with Gasteiger partial charge in [0.1, 0.15) is 5.69 Å². The van der Waals surface area contributed by atoms with Gasteiger partial charge in [-0.25, -0.2) is 0 Å². The summed E-state index contributed by atoms with van der Waals surface area (Å²) in [4.78, 5) is 16.6. The molecule has 1 heterocycles. The first kappa shape index (κ1) is 16.4. The lowest BCUT2D eigenvalue weighted by molar-refractivity contribution is -0.141. The van der Waals surface area contributed by atoms with Crippen molar-refractivity contribution >= 4 is 5.91 Å². The van der Waals surface area contributed by atoms with Gasteiger partial charge in [-0.05, 0) is 25.6 Å². The van der Waals surface area contributed by atoms with Crippen LogP contribution in [0.4, 0.5) is 13.2 Å². The Labute approximate surface area is 116 Å². The summed E-state index contributed by atoms with van der Waals surface area (Å²) in [7, 11) is 3.38. The normalized spacial score (nSPS) is 13.3. The molecule has 1 N–H and O–H groups in total. The standard InChI is InChI=1S/C13H18F3N3O/c1-9(6-12(20)17-2)19(3)8-10-4-5-11(18-7-10)13(14,15)16/h4-5,7,9H,6,8H2,1-3H3,(H,17,20)/t9-/m1/s1. The molecular weight excluding hydrogens is 271 g/mol. The molecule has 20 heavy (non-hydrogen) atoms. The molecule has 0 aliphatic heterocycles. The summed E-state index contributed by atoms with van der Waals surface area (Å²) in [5.74, 6) is -0.0742. The number of hydrogen-bond donors (Lipinski definition) is 1. The number of nitrogens with one attached hydrogen (secondary N) is 1. The van der Waals surface area contributed by atoms with E-state index in [2.05, 4.69) is 10.3 Å². The molecule has 1 aromatic heterocycles. The van der Waals surface area contributed by atoms with Crippen LogP contribution >= 0.6 is 0 Å². The van der Waals surface area contributed by atoms with E-state index in [4.69, 9.17) is 0 Å². The Morgan fingerprint density at radius 2 is 2.10 bits per heavy atom. The highest BCUT2D eigenvalue weighted by molar-refractivity contribution is 5.76. The minimum absolute atomic E-state index is 0.0164. The smallest absolute Gasteiger partial charge is 0.359 e. The molecule has 0 saturated carbocycles. The fourth-order valence-corrected chi connectivity index (χ4v) is 1.66. The summed E-state index contributed by atoms with van der Waals surface area (Å²) in [6, 6.07) is 2.35. The maximum absolute atomic E-state index is 12.4. The molecule has 1 amide bonds. The minimum atomic E-state index is -4.42. The van der Waals surface area contributed by atoms with Crippen molar-refractivity contribution in [3.8, 4) is 0 Å². The lowest BCUT2D eigenvalue weighted by atomic mass is 10.1. The fourth-order valence-electron chi connectivity index (χ4n) is 1.66. The topological polar surface area (TPSA) is 45.2 Å². The van der Waals surface area contributed by atoms with Crippen LogP contribution in [0.2, 0.25) is 0 Å². The second-order valence-electron chi connectivity index (χ2n) is 4.69. The Hall–Kier alpha value is -1.63. The summed E-state index contributed by atoms with van der Waals surface area (Å²) < 4.78 is 37.1. The molecule has 0 bridgehead atoms. The molecule has 1 atom stereocenters. The highest BCUT2D eigenvalue weighted by Crippen LogP contribution is 2.27. The minimum Gasteiger partial charge on any atom is -0.359 e. The predicted molar refractivity (Wildman–Crippen MR) is 68.9 cm³/mol. The number of amides is 1. The van der Waals surface area contributed by atoms with Gasteiger partial charge >= 0.3 is 6.18 Å². The van der Waals surface area contributed by atoms with E-state index >= 15 is 0 Å². The first-order valence-electron chi connectivity index (χ1n) is 6.17. The van der Waals surface area contributed by atoms with Crippen LogP contribution in [0.25, 0.3) is 0 Å². The largest absolute Gasteiger partial charge is 0.433 e. The van der Waals surface area contributed by atoms with Crippen molar-refractivity contribution < 1.29 is 18.0 Å². The second kappa shape index (κ2) is 6.69. The maximum atomic E-state index is 12.4. The summed E-state index contributed by atoms with van der Waals surface area (Å²) in [5, 5.41) is 2.54. The van der Waals surface area contributed by atoms with Gasteiger partial charge in [-0.15, -0.1) is 0 Å². The van der Waals surface area contributed by atoms with Gasteiger partial charge in [-0.1, -0.05) is 6.07 Å². The molecular formula is C13H18F3N3O. The highest BCUT2D eigenvalue weighted by atomic mass is 19.4. The molecule has 0 aliphatic carbocycles. The fraction of sp³-hybridized carbons (Fsp3) is 0.538. The Morgan fingerprint density at radius 1 is 1.45 bits per heavy atom. The molecule has 0 radical (unpaired) electrons. The van der Waals surface area contributed by atoms with Gasteiger partial charge in [-0.2, -0.15) is 13.2 Å². The van der Waals surface area contributed by atoms with Crippen LogP contribution in [-0.4, -0.2) is 35.9 Å². The quantitative estimate of drug-likeness (QED) is 0.902. The molecule has 112 valence electrons. The Morgan fingerprint density at radius 3 is 2.55 bits per heavy atom. The highest BCUT2D eigenvalue weighted by Gasteiger charge is 2.32. The van der Waals surface area contributed by atoms with E-state index in [9.17, 15) is 18.0 Å². The number of pyridine rings is 1. The van der Waals surface area contributed by atoms with Crippen molar-refractivity contribution in [1.82, 2.24) is 15.2 Å². The SMILES string of the molecule is CNC(=O)C[C@@H](C)N(C)Cc1ccc(C(F)(F)F)nc1. The number of carbonyl (C=O) groups excluding carboxylic acids is 1. The first-order chi connectivity index (χ1) is 9.24. The van der Waals surface area contributed by atoms with Gasteiger partial charge in [-0.3, -0.25) is 14.7 Å². The lowest BCUT2D eigenvalue weighted by Gasteiger charge is -2.24. The number of alkyl halides is 3. The summed E-state index contributed by atoms with van der Waals surface area (Å²) >= 11 is 0. The van der Waals surface area contributed by atoms with E-state index in [1.54, 1.807) is 7.05 Å². The average molecular weight is 289 g/mol. The number of carbonyl (C=O) groups is 1. The molecule has 0 fully saturated rings. The Balaban J connectivity index is 2.62. The number of aromatic nitrogens is 1. The summed E-state index contributed by atoms with van der Waals surface area (Å²) in [6.45, 7) is 2.32. The molecule has 0 unspecified atom stereocenters. The monoisotopic (exact) mass is 289 g/mol. The number of rotatable bonds is 5.